The lowest BCUT2D eigenvalue weighted by molar-refractivity contribution is -0.137. The van der Waals surface area contributed by atoms with Gasteiger partial charge in [-0.1, -0.05) is 97.3 Å². The Hall–Kier alpha value is -1.06. The monoisotopic (exact) mass is 369 g/mol. The number of amides is 1. The predicted molar refractivity (Wildman–Crippen MR) is 109 cm³/mol. The molecule has 0 aromatic rings. The highest BCUT2D eigenvalue weighted by atomic mass is 16.4. The summed E-state index contributed by atoms with van der Waals surface area (Å²) < 4.78 is 0. The first kappa shape index (κ1) is 24.9. The minimum Gasteiger partial charge on any atom is -0.481 e. The van der Waals surface area contributed by atoms with Gasteiger partial charge in [0.2, 0.25) is 5.91 Å². The van der Waals surface area contributed by atoms with E-state index in [2.05, 4.69) is 12.2 Å². The third kappa shape index (κ3) is 17.8. The van der Waals surface area contributed by atoms with Crippen LogP contribution in [0.2, 0.25) is 0 Å². The van der Waals surface area contributed by atoms with E-state index in [1.54, 1.807) is 0 Å². The molecule has 0 heterocycles. The number of carboxylic acids is 1. The summed E-state index contributed by atoms with van der Waals surface area (Å²) in [5.41, 5.74) is 0. The van der Waals surface area contributed by atoms with Gasteiger partial charge in [0.05, 0.1) is 6.42 Å². The number of aliphatic carboxylic acids is 1. The molecule has 0 bridgehead atoms. The van der Waals surface area contributed by atoms with E-state index in [1.807, 2.05) is 6.92 Å². The van der Waals surface area contributed by atoms with Gasteiger partial charge in [-0.25, -0.2) is 0 Å². The Labute approximate surface area is 161 Å². The van der Waals surface area contributed by atoms with Gasteiger partial charge in [0, 0.05) is 12.5 Å². The lowest BCUT2D eigenvalue weighted by atomic mass is 10.0. The summed E-state index contributed by atoms with van der Waals surface area (Å²) in [4.78, 5) is 22.7. The molecule has 2 N–H and O–H groups in total. The Morgan fingerprint density at radius 1 is 0.731 bits per heavy atom. The van der Waals surface area contributed by atoms with Gasteiger partial charge in [-0.05, 0) is 12.8 Å². The van der Waals surface area contributed by atoms with Crippen LogP contribution in [0.5, 0.6) is 0 Å². The van der Waals surface area contributed by atoms with Gasteiger partial charge in [0.25, 0.3) is 0 Å². The smallest absolute Gasteiger partial charge is 0.305 e. The molecule has 0 saturated carbocycles. The number of carbonyl (C=O) groups is 2. The quantitative estimate of drug-likeness (QED) is 0.265. The molecule has 154 valence electrons. The summed E-state index contributed by atoms with van der Waals surface area (Å²) in [5, 5.41) is 11.7. The molecule has 0 aliphatic carbocycles. The second kappa shape index (κ2) is 18.7. The molecule has 26 heavy (non-hydrogen) atoms. The number of carboxylic acid groups (broad SMARTS) is 1. The number of rotatable bonds is 19. The summed E-state index contributed by atoms with van der Waals surface area (Å²) in [6.45, 7) is 4.27. The van der Waals surface area contributed by atoms with Crippen molar-refractivity contribution in [3.63, 3.8) is 0 Å². The molecule has 4 heteroatoms. The van der Waals surface area contributed by atoms with Gasteiger partial charge in [-0.15, -0.1) is 0 Å². The predicted octanol–water partition coefficient (Wildman–Crippen LogP) is 6.23. The van der Waals surface area contributed by atoms with E-state index in [4.69, 9.17) is 5.11 Å². The van der Waals surface area contributed by atoms with Crippen molar-refractivity contribution < 1.29 is 14.7 Å². The van der Waals surface area contributed by atoms with Gasteiger partial charge in [0.1, 0.15) is 0 Å². The Bertz CT molecular complexity index is 344. The Kier molecular flexibility index (Phi) is 18.0. The molecule has 0 aliphatic heterocycles. The van der Waals surface area contributed by atoms with Crippen LogP contribution in [0, 0.1) is 0 Å². The average molecular weight is 370 g/mol. The fourth-order valence-corrected chi connectivity index (χ4v) is 3.39. The standard InChI is InChI=1S/C22H43NO3/c1-3-5-6-7-8-9-10-11-12-13-14-15-16-18-21(24)23-20(17-4-2)19-22(25)26/h20H,3-19H2,1-2H3,(H,23,24)(H,25,26). The molecular formula is C22H43NO3. The van der Waals surface area contributed by atoms with Crippen LogP contribution >= 0.6 is 0 Å². The SMILES string of the molecule is CCCCCCCCCCCCCCCC(=O)NC(CCC)CC(=O)O. The maximum atomic E-state index is 11.9. The fraction of sp³-hybridized carbons (Fsp3) is 0.909. The Balaban J connectivity index is 3.43. The molecule has 0 aromatic heterocycles. The van der Waals surface area contributed by atoms with Crippen molar-refractivity contribution in [2.45, 2.75) is 129 Å². The minimum atomic E-state index is -0.843. The van der Waals surface area contributed by atoms with Crippen LogP contribution in [0.25, 0.3) is 0 Å². The summed E-state index contributed by atoms with van der Waals surface area (Å²) >= 11 is 0. The molecule has 0 fully saturated rings. The maximum Gasteiger partial charge on any atom is 0.305 e. The van der Waals surface area contributed by atoms with Crippen molar-refractivity contribution in [2.75, 3.05) is 0 Å². The molecular weight excluding hydrogens is 326 g/mol. The largest absolute Gasteiger partial charge is 0.481 e. The fourth-order valence-electron chi connectivity index (χ4n) is 3.39. The third-order valence-electron chi connectivity index (χ3n) is 4.93. The van der Waals surface area contributed by atoms with E-state index in [-0.39, 0.29) is 18.4 Å². The summed E-state index contributed by atoms with van der Waals surface area (Å²) in [5.74, 6) is -0.836. The van der Waals surface area contributed by atoms with Crippen LogP contribution in [-0.4, -0.2) is 23.0 Å². The van der Waals surface area contributed by atoms with Crippen LogP contribution in [-0.2, 0) is 9.59 Å². The molecule has 1 atom stereocenters. The second-order valence-corrected chi connectivity index (χ2v) is 7.64. The van der Waals surface area contributed by atoms with Gasteiger partial charge in [-0.2, -0.15) is 0 Å². The number of hydrogen-bond donors (Lipinski definition) is 2. The Morgan fingerprint density at radius 3 is 1.62 bits per heavy atom. The number of carbonyl (C=O) groups excluding carboxylic acids is 1. The van der Waals surface area contributed by atoms with Gasteiger partial charge >= 0.3 is 5.97 Å². The van der Waals surface area contributed by atoms with Crippen LogP contribution in [0.3, 0.4) is 0 Å². The van der Waals surface area contributed by atoms with Crippen LogP contribution in [0.15, 0.2) is 0 Å². The molecule has 4 nitrogen and oxygen atoms in total. The van der Waals surface area contributed by atoms with E-state index in [0.29, 0.717) is 6.42 Å². The first-order chi connectivity index (χ1) is 12.6. The number of unbranched alkanes of at least 4 members (excludes halogenated alkanes) is 12. The highest BCUT2D eigenvalue weighted by molar-refractivity contribution is 5.77. The minimum absolute atomic E-state index is 0.00720. The zero-order valence-electron chi connectivity index (χ0n) is 17.4. The summed E-state index contributed by atoms with van der Waals surface area (Å²) in [6, 6.07) is -0.216. The average Bonchev–Trinajstić information content (AvgIpc) is 2.58. The number of hydrogen-bond acceptors (Lipinski definition) is 2. The van der Waals surface area contributed by atoms with Crippen LogP contribution in [0.4, 0.5) is 0 Å². The lowest BCUT2D eigenvalue weighted by Gasteiger charge is -2.16. The van der Waals surface area contributed by atoms with Gasteiger partial charge in [0.15, 0.2) is 0 Å². The van der Waals surface area contributed by atoms with Crippen molar-refractivity contribution in [2.24, 2.45) is 0 Å². The van der Waals surface area contributed by atoms with Crippen LogP contribution < -0.4 is 5.32 Å². The molecule has 1 unspecified atom stereocenters. The number of nitrogens with one attached hydrogen (secondary N) is 1. The van der Waals surface area contributed by atoms with E-state index in [1.165, 1.54) is 70.6 Å². The molecule has 0 rings (SSSR count). The maximum absolute atomic E-state index is 11.9. The molecule has 0 radical (unpaired) electrons. The summed E-state index contributed by atoms with van der Waals surface area (Å²) in [6.07, 6.45) is 19.0. The van der Waals surface area contributed by atoms with Crippen LogP contribution in [0.1, 0.15) is 123 Å². The zero-order valence-corrected chi connectivity index (χ0v) is 17.4. The van der Waals surface area contributed by atoms with E-state index in [9.17, 15) is 9.59 Å². The zero-order chi connectivity index (χ0) is 19.5. The Morgan fingerprint density at radius 2 is 1.19 bits per heavy atom. The summed E-state index contributed by atoms with van der Waals surface area (Å²) in [7, 11) is 0. The van der Waals surface area contributed by atoms with Crippen molar-refractivity contribution in [1.82, 2.24) is 5.32 Å². The van der Waals surface area contributed by atoms with E-state index < -0.39 is 5.97 Å². The van der Waals surface area contributed by atoms with Gasteiger partial charge < -0.3 is 10.4 Å². The third-order valence-corrected chi connectivity index (χ3v) is 4.93. The van der Waals surface area contributed by atoms with E-state index in [0.717, 1.165) is 25.7 Å². The molecule has 1 amide bonds. The lowest BCUT2D eigenvalue weighted by Crippen LogP contribution is -2.36. The van der Waals surface area contributed by atoms with Crippen molar-refractivity contribution in [3.05, 3.63) is 0 Å². The second-order valence-electron chi connectivity index (χ2n) is 7.64. The highest BCUT2D eigenvalue weighted by Crippen LogP contribution is 2.13. The topological polar surface area (TPSA) is 66.4 Å². The van der Waals surface area contributed by atoms with Crippen molar-refractivity contribution in [3.8, 4) is 0 Å². The van der Waals surface area contributed by atoms with E-state index >= 15 is 0 Å². The van der Waals surface area contributed by atoms with Crippen molar-refractivity contribution in [1.29, 1.82) is 0 Å². The molecule has 0 spiro atoms. The van der Waals surface area contributed by atoms with Gasteiger partial charge in [-0.3, -0.25) is 9.59 Å². The van der Waals surface area contributed by atoms with Crippen molar-refractivity contribution >= 4 is 11.9 Å². The highest BCUT2D eigenvalue weighted by Gasteiger charge is 2.14. The molecule has 0 aliphatic rings. The normalized spacial score (nSPS) is 12.1. The first-order valence-corrected chi connectivity index (χ1v) is 11.1. The molecule has 0 aromatic carbocycles. The first-order valence-electron chi connectivity index (χ1n) is 11.1. The molecule has 0 saturated heterocycles.